The molecule has 0 aliphatic carbocycles. The summed E-state index contributed by atoms with van der Waals surface area (Å²) in [4.78, 5) is 0. The molecule has 1 N–H and O–H groups in total. The predicted octanol–water partition coefficient (Wildman–Crippen LogP) is 8.38. The number of benzene rings is 4. The van der Waals surface area contributed by atoms with Gasteiger partial charge in [-0.2, -0.15) is 0 Å². The van der Waals surface area contributed by atoms with E-state index in [9.17, 15) is 4.21 Å². The number of hydrogen-bond donors (Lipinski definition) is 1. The van der Waals surface area contributed by atoms with Crippen LogP contribution in [0.5, 0.6) is 0 Å². The zero-order valence-corrected chi connectivity index (χ0v) is 28.6. The van der Waals surface area contributed by atoms with E-state index in [-0.39, 0.29) is 21.6 Å². The van der Waals surface area contributed by atoms with Gasteiger partial charge in [-0.05, 0) is 84.1 Å². The van der Waals surface area contributed by atoms with Crippen molar-refractivity contribution in [2.45, 2.75) is 90.4 Å². The van der Waals surface area contributed by atoms with Crippen LogP contribution >= 0.6 is 7.92 Å². The minimum Gasteiger partial charge on any atom is -0.242 e. The molecule has 0 heterocycles. The number of hydrogen-bond acceptors (Lipinski definition) is 1. The van der Waals surface area contributed by atoms with Crippen molar-refractivity contribution in [2.75, 3.05) is 0 Å². The second-order valence-electron chi connectivity index (χ2n) is 14.2. The van der Waals surface area contributed by atoms with Crippen LogP contribution < -0.4 is 20.6 Å². The fourth-order valence-corrected chi connectivity index (χ4v) is 8.34. The summed E-state index contributed by atoms with van der Waals surface area (Å²) in [5, 5.41) is 3.93. The first-order chi connectivity index (χ1) is 19.6. The molecule has 1 unspecified atom stereocenters. The highest BCUT2D eigenvalue weighted by molar-refractivity contribution is 7.84. The molecule has 0 bridgehead atoms. The van der Waals surface area contributed by atoms with Crippen LogP contribution in [0.2, 0.25) is 0 Å². The third kappa shape index (κ3) is 8.07. The van der Waals surface area contributed by atoms with Gasteiger partial charge in [-0.25, -0.2) is 8.93 Å². The summed E-state index contributed by atoms with van der Waals surface area (Å²) in [6.07, 6.45) is 0.749. The molecule has 2 nitrogen and oxygen atoms in total. The summed E-state index contributed by atoms with van der Waals surface area (Å²) in [6, 6.07) is 37.4. The third-order valence-corrected chi connectivity index (χ3v) is 11.7. The lowest BCUT2D eigenvalue weighted by molar-refractivity contribution is 0.562. The second kappa shape index (κ2) is 13.0. The van der Waals surface area contributed by atoms with E-state index in [2.05, 4.69) is 149 Å². The first-order valence-corrected chi connectivity index (χ1v) is 17.5. The molecular weight excluding hydrogens is 549 g/mol. The molecule has 0 saturated heterocycles. The maximum Gasteiger partial charge on any atom is 0.0976 e. The van der Waals surface area contributed by atoms with Crippen LogP contribution in [0.25, 0.3) is 0 Å². The smallest absolute Gasteiger partial charge is 0.0976 e. The SMILES string of the molecule is CC(C)(C)c1cc(C[C@H](NS(=O)C(C)(C)C)c2ccccc2P(c2ccccc2)c2ccccc2)cc(C(C)(C)C)c1. The molecule has 0 fully saturated rings. The molecule has 0 amide bonds. The van der Waals surface area contributed by atoms with Crippen LogP contribution in [0, 0.1) is 0 Å². The Labute approximate surface area is 258 Å². The highest BCUT2D eigenvalue weighted by Crippen LogP contribution is 2.37. The molecule has 222 valence electrons. The molecule has 0 aromatic heterocycles. The van der Waals surface area contributed by atoms with Gasteiger partial charge in [-0.1, -0.05) is 145 Å². The van der Waals surface area contributed by atoms with Crippen molar-refractivity contribution >= 4 is 34.8 Å². The van der Waals surface area contributed by atoms with E-state index in [1.165, 1.54) is 38.2 Å². The fourth-order valence-electron chi connectivity index (χ4n) is 5.00. The Bertz CT molecular complexity index is 1420. The molecule has 4 heteroatoms. The van der Waals surface area contributed by atoms with Crippen LogP contribution in [-0.2, 0) is 28.2 Å². The lowest BCUT2D eigenvalue weighted by atomic mass is 9.79. The largest absolute Gasteiger partial charge is 0.242 e. The van der Waals surface area contributed by atoms with Gasteiger partial charge in [0.1, 0.15) is 0 Å². The van der Waals surface area contributed by atoms with Crippen LogP contribution in [0.4, 0.5) is 0 Å². The minimum atomic E-state index is -1.24. The minimum absolute atomic E-state index is 0.0278. The normalized spacial score (nSPS) is 14.1. The van der Waals surface area contributed by atoms with Gasteiger partial charge >= 0.3 is 0 Å². The standard InChI is InChI=1S/C38H48NOPS/c1-36(2,3)29-24-28(25-30(27-29)37(4,5)6)26-34(39-42(40)38(7,8)9)33-22-16-17-23-35(33)41(31-18-12-10-13-19-31)32-20-14-11-15-21-32/h10-25,27,34,39H,26H2,1-9H3/t34-,42?/m0/s1. The Hall–Kier alpha value is -2.58. The van der Waals surface area contributed by atoms with Gasteiger partial charge in [0.2, 0.25) is 0 Å². The van der Waals surface area contributed by atoms with Gasteiger partial charge < -0.3 is 0 Å². The monoisotopic (exact) mass is 597 g/mol. The first-order valence-electron chi connectivity index (χ1n) is 15.0. The van der Waals surface area contributed by atoms with Crippen molar-refractivity contribution in [1.82, 2.24) is 4.72 Å². The number of rotatable bonds is 8. The molecule has 4 aromatic rings. The van der Waals surface area contributed by atoms with Crippen molar-refractivity contribution in [2.24, 2.45) is 0 Å². The van der Waals surface area contributed by atoms with Crippen LogP contribution in [0.1, 0.15) is 90.6 Å². The summed E-state index contributed by atoms with van der Waals surface area (Å²) in [6.45, 7) is 19.8. The van der Waals surface area contributed by atoms with E-state index >= 15 is 0 Å². The van der Waals surface area contributed by atoms with Gasteiger partial charge in [-0.15, -0.1) is 0 Å². The van der Waals surface area contributed by atoms with Crippen molar-refractivity contribution in [3.8, 4) is 0 Å². The quantitative estimate of drug-likeness (QED) is 0.203. The fraction of sp³-hybridized carbons (Fsp3) is 0.368. The van der Waals surface area contributed by atoms with Gasteiger partial charge in [0, 0.05) is 6.04 Å². The molecule has 0 aliphatic rings. The van der Waals surface area contributed by atoms with Crippen LogP contribution in [-0.4, -0.2) is 8.96 Å². The maximum absolute atomic E-state index is 13.7. The summed E-state index contributed by atoms with van der Waals surface area (Å²) < 4.78 is 16.9. The second-order valence-corrected chi connectivity index (χ2v) is 18.4. The molecule has 4 aromatic carbocycles. The van der Waals surface area contributed by atoms with Crippen molar-refractivity contribution in [1.29, 1.82) is 0 Å². The maximum atomic E-state index is 13.7. The highest BCUT2D eigenvalue weighted by Gasteiger charge is 2.29. The molecule has 0 radical (unpaired) electrons. The molecule has 4 rings (SSSR count). The van der Waals surface area contributed by atoms with E-state index in [4.69, 9.17) is 0 Å². The summed E-state index contributed by atoms with van der Waals surface area (Å²) in [5.74, 6) is 0. The zero-order chi connectivity index (χ0) is 30.7. The van der Waals surface area contributed by atoms with E-state index in [0.717, 1.165) is 6.42 Å². The molecule has 0 saturated carbocycles. The topological polar surface area (TPSA) is 29.1 Å². The highest BCUT2D eigenvalue weighted by atomic mass is 32.2. The predicted molar refractivity (Wildman–Crippen MR) is 186 cm³/mol. The molecular formula is C38H48NOPS. The van der Waals surface area contributed by atoms with E-state index in [1.54, 1.807) is 0 Å². The van der Waals surface area contributed by atoms with Gasteiger partial charge in [0.25, 0.3) is 0 Å². The van der Waals surface area contributed by atoms with Crippen LogP contribution in [0.3, 0.4) is 0 Å². The first kappa shape index (κ1) is 32.3. The van der Waals surface area contributed by atoms with Gasteiger partial charge in [0.15, 0.2) is 0 Å². The Kier molecular flexibility index (Phi) is 9.98. The van der Waals surface area contributed by atoms with Crippen molar-refractivity contribution in [3.63, 3.8) is 0 Å². The summed E-state index contributed by atoms with van der Waals surface area (Å²) in [7, 11) is -2.06. The summed E-state index contributed by atoms with van der Waals surface area (Å²) >= 11 is 0. The van der Waals surface area contributed by atoms with Gasteiger partial charge in [0.05, 0.1) is 15.7 Å². The Morgan fingerprint density at radius 2 is 1.10 bits per heavy atom. The molecule has 0 aliphatic heterocycles. The van der Waals surface area contributed by atoms with Gasteiger partial charge in [-0.3, -0.25) is 0 Å². The van der Waals surface area contributed by atoms with E-state index < -0.39 is 18.9 Å². The molecule has 0 spiro atoms. The molecule has 42 heavy (non-hydrogen) atoms. The molecule has 2 atom stereocenters. The Morgan fingerprint density at radius 3 is 1.55 bits per heavy atom. The van der Waals surface area contributed by atoms with E-state index in [0.29, 0.717) is 0 Å². The Balaban J connectivity index is 1.90. The average molecular weight is 598 g/mol. The Morgan fingerprint density at radius 1 is 0.643 bits per heavy atom. The van der Waals surface area contributed by atoms with E-state index in [1.807, 2.05) is 20.8 Å². The zero-order valence-electron chi connectivity index (χ0n) is 26.9. The third-order valence-electron chi connectivity index (χ3n) is 7.55. The van der Waals surface area contributed by atoms with Crippen molar-refractivity contribution in [3.05, 3.63) is 125 Å². The summed E-state index contributed by atoms with van der Waals surface area (Å²) in [5.41, 5.74) is 5.22. The van der Waals surface area contributed by atoms with Crippen molar-refractivity contribution < 1.29 is 4.21 Å². The number of nitrogens with one attached hydrogen (secondary N) is 1. The lowest BCUT2D eigenvalue weighted by Crippen LogP contribution is -2.38. The van der Waals surface area contributed by atoms with Crippen LogP contribution in [0.15, 0.2) is 103 Å². The average Bonchev–Trinajstić information content (AvgIpc) is 2.93. The lowest BCUT2D eigenvalue weighted by Gasteiger charge is -2.30.